The summed E-state index contributed by atoms with van der Waals surface area (Å²) < 4.78 is 0. The second kappa shape index (κ2) is 3.34. The zero-order valence-corrected chi connectivity index (χ0v) is 8.19. The van der Waals surface area contributed by atoms with E-state index in [0.29, 0.717) is 0 Å². The molecule has 1 unspecified atom stereocenters. The van der Waals surface area contributed by atoms with Gasteiger partial charge in [-0.25, -0.2) is 0 Å². The van der Waals surface area contributed by atoms with Crippen LogP contribution in [0.5, 0.6) is 0 Å². The van der Waals surface area contributed by atoms with Crippen molar-refractivity contribution in [3.05, 3.63) is 24.6 Å². The summed E-state index contributed by atoms with van der Waals surface area (Å²) in [6, 6.07) is 0. The zero-order valence-electron chi connectivity index (χ0n) is 8.19. The van der Waals surface area contributed by atoms with Gasteiger partial charge in [0.25, 0.3) is 0 Å². The Morgan fingerprint density at radius 3 is 2.23 bits per heavy atom. The molecule has 1 N–H and O–H groups in total. The maximum absolute atomic E-state index is 10.9. The normalized spacial score (nSPS) is 21.7. The van der Waals surface area contributed by atoms with Gasteiger partial charge in [-0.05, 0) is 13.8 Å². The van der Waals surface area contributed by atoms with Crippen LogP contribution in [-0.2, 0) is 4.79 Å². The molecule has 0 fully saturated rings. The zero-order chi connectivity index (χ0) is 10.1. The molecule has 3 nitrogen and oxygen atoms in total. The number of aliphatic hydroxyl groups is 1. The minimum Gasteiger partial charge on any atom is -0.392 e. The average molecular weight is 181 g/mol. The molecule has 1 amide bonds. The van der Waals surface area contributed by atoms with Crippen molar-refractivity contribution in [1.29, 1.82) is 0 Å². The Labute approximate surface area is 78.4 Å². The summed E-state index contributed by atoms with van der Waals surface area (Å²) in [5.41, 5.74) is -0.355. The van der Waals surface area contributed by atoms with Crippen LogP contribution in [-0.4, -0.2) is 22.0 Å². The van der Waals surface area contributed by atoms with Crippen molar-refractivity contribution in [2.24, 2.45) is 5.41 Å². The molecule has 0 aliphatic carbocycles. The molecule has 0 aromatic rings. The third kappa shape index (κ3) is 1.98. The lowest BCUT2D eigenvalue weighted by Crippen LogP contribution is -2.30. The van der Waals surface area contributed by atoms with E-state index in [-0.39, 0.29) is 11.3 Å². The third-order valence-electron chi connectivity index (χ3n) is 2.45. The summed E-state index contributed by atoms with van der Waals surface area (Å²) >= 11 is 0. The number of hydrogen-bond acceptors (Lipinski definition) is 2. The molecular formula is C10H15NO2. The van der Waals surface area contributed by atoms with Crippen molar-refractivity contribution in [3.63, 3.8) is 0 Å². The van der Waals surface area contributed by atoms with Gasteiger partial charge in [-0.15, -0.1) is 0 Å². The lowest BCUT2D eigenvalue weighted by Gasteiger charge is -2.30. The topological polar surface area (TPSA) is 40.5 Å². The predicted molar refractivity (Wildman–Crippen MR) is 50.6 cm³/mol. The van der Waals surface area contributed by atoms with Gasteiger partial charge >= 0.3 is 0 Å². The Bertz CT molecular complexity index is 252. The van der Waals surface area contributed by atoms with Crippen LogP contribution in [0, 0.1) is 5.41 Å². The smallest absolute Gasteiger partial charge is 0.227 e. The fourth-order valence-corrected chi connectivity index (χ4v) is 1.08. The molecule has 0 saturated heterocycles. The molecular weight excluding hydrogens is 166 g/mol. The van der Waals surface area contributed by atoms with Crippen LogP contribution in [0.2, 0.25) is 0 Å². The third-order valence-corrected chi connectivity index (χ3v) is 2.45. The highest BCUT2D eigenvalue weighted by atomic mass is 16.3. The number of hydrogen-bond donors (Lipinski definition) is 1. The van der Waals surface area contributed by atoms with Gasteiger partial charge in [0, 0.05) is 24.7 Å². The summed E-state index contributed by atoms with van der Waals surface area (Å²) in [5, 5.41) is 9.46. The van der Waals surface area contributed by atoms with Crippen LogP contribution in [0.15, 0.2) is 24.6 Å². The first-order valence-electron chi connectivity index (χ1n) is 4.31. The molecule has 1 aliphatic rings. The maximum Gasteiger partial charge on any atom is 0.227 e. The summed E-state index contributed by atoms with van der Waals surface area (Å²) in [6.45, 7) is 5.15. The predicted octanol–water partition coefficient (Wildman–Crippen LogP) is 1.26. The largest absolute Gasteiger partial charge is 0.392 e. The van der Waals surface area contributed by atoms with E-state index in [1.54, 1.807) is 19.3 Å². The van der Waals surface area contributed by atoms with Gasteiger partial charge in [0.1, 0.15) is 0 Å². The molecule has 0 aromatic carbocycles. The Kier molecular flexibility index (Phi) is 2.57. The van der Waals surface area contributed by atoms with Gasteiger partial charge < -0.3 is 5.11 Å². The highest BCUT2D eigenvalue weighted by Crippen LogP contribution is 2.28. The second-order valence-corrected chi connectivity index (χ2v) is 3.60. The summed E-state index contributed by atoms with van der Waals surface area (Å²) in [4.78, 5) is 12.4. The monoisotopic (exact) mass is 181 g/mol. The van der Waals surface area contributed by atoms with Gasteiger partial charge in [0.2, 0.25) is 5.91 Å². The van der Waals surface area contributed by atoms with E-state index in [9.17, 15) is 9.90 Å². The van der Waals surface area contributed by atoms with Gasteiger partial charge in [-0.3, -0.25) is 9.69 Å². The summed E-state index contributed by atoms with van der Waals surface area (Å²) in [5.74, 6) is -0.0276. The van der Waals surface area contributed by atoms with Gasteiger partial charge in [-0.2, -0.15) is 0 Å². The van der Waals surface area contributed by atoms with E-state index >= 15 is 0 Å². The van der Waals surface area contributed by atoms with Crippen molar-refractivity contribution in [1.82, 2.24) is 4.90 Å². The van der Waals surface area contributed by atoms with Gasteiger partial charge in [0.15, 0.2) is 0 Å². The first-order valence-corrected chi connectivity index (χ1v) is 4.31. The number of nitrogens with zero attached hydrogens (tertiary/aromatic N) is 1. The molecule has 0 bridgehead atoms. The van der Waals surface area contributed by atoms with E-state index in [1.807, 2.05) is 19.1 Å². The number of carbonyl (C=O) groups excluding carboxylic acids is 1. The van der Waals surface area contributed by atoms with Crippen molar-refractivity contribution >= 4 is 5.91 Å². The van der Waals surface area contributed by atoms with Crippen LogP contribution in [0.3, 0.4) is 0 Å². The second-order valence-electron chi connectivity index (χ2n) is 3.60. The van der Waals surface area contributed by atoms with Crippen LogP contribution >= 0.6 is 0 Å². The van der Waals surface area contributed by atoms with E-state index < -0.39 is 6.10 Å². The van der Waals surface area contributed by atoms with Crippen molar-refractivity contribution in [3.8, 4) is 0 Å². The van der Waals surface area contributed by atoms with Crippen LogP contribution < -0.4 is 0 Å². The van der Waals surface area contributed by atoms with E-state index in [0.717, 1.165) is 0 Å². The van der Waals surface area contributed by atoms with Gasteiger partial charge in [0.05, 0.1) is 6.10 Å². The number of rotatable bonds is 1. The summed E-state index contributed by atoms with van der Waals surface area (Å²) in [6.07, 6.45) is 6.59. The molecule has 0 aromatic heterocycles. The number of aliphatic hydroxyl groups excluding tert-OH is 1. The minimum atomic E-state index is -0.450. The molecule has 72 valence electrons. The first-order chi connectivity index (χ1) is 5.96. The van der Waals surface area contributed by atoms with E-state index in [1.165, 1.54) is 11.8 Å². The lowest BCUT2D eigenvalue weighted by molar-refractivity contribution is -0.124. The molecule has 0 radical (unpaired) electrons. The fourth-order valence-electron chi connectivity index (χ4n) is 1.08. The molecule has 1 atom stereocenters. The van der Waals surface area contributed by atoms with Crippen LogP contribution in [0.1, 0.15) is 20.8 Å². The van der Waals surface area contributed by atoms with Crippen molar-refractivity contribution in [2.45, 2.75) is 26.9 Å². The number of carbonyl (C=O) groups is 1. The van der Waals surface area contributed by atoms with E-state index in [4.69, 9.17) is 0 Å². The molecule has 1 rings (SSSR count). The number of amides is 1. The van der Waals surface area contributed by atoms with Crippen molar-refractivity contribution < 1.29 is 9.90 Å². The molecule has 1 aliphatic heterocycles. The highest BCUT2D eigenvalue weighted by Gasteiger charge is 2.26. The van der Waals surface area contributed by atoms with Crippen LogP contribution in [0.25, 0.3) is 0 Å². The SMILES string of the molecule is CC(=O)N1C=CC(C)(C(C)O)C=C1. The average Bonchev–Trinajstić information content (AvgIpc) is 2.04. The van der Waals surface area contributed by atoms with Gasteiger partial charge in [-0.1, -0.05) is 12.2 Å². The van der Waals surface area contributed by atoms with Crippen molar-refractivity contribution in [2.75, 3.05) is 0 Å². The van der Waals surface area contributed by atoms with Crippen LogP contribution in [0.4, 0.5) is 0 Å². The lowest BCUT2D eigenvalue weighted by atomic mass is 9.84. The quantitative estimate of drug-likeness (QED) is 0.661. The maximum atomic E-state index is 10.9. The Hall–Kier alpha value is -1.09. The molecule has 0 spiro atoms. The molecule has 0 saturated carbocycles. The highest BCUT2D eigenvalue weighted by molar-refractivity contribution is 5.75. The molecule has 3 heteroatoms. The first kappa shape index (κ1) is 9.99. The Morgan fingerprint density at radius 1 is 1.46 bits per heavy atom. The standard InChI is InChI=1S/C10H15NO2/c1-8(12)10(3)4-6-11(7-5-10)9(2)13/h4-8,12H,1-3H3. The fraction of sp³-hybridized carbons (Fsp3) is 0.500. The molecule has 1 heterocycles. The Morgan fingerprint density at radius 2 is 1.92 bits per heavy atom. The minimum absolute atomic E-state index is 0.0276. The van der Waals surface area contributed by atoms with E-state index in [2.05, 4.69) is 0 Å². The summed E-state index contributed by atoms with van der Waals surface area (Å²) in [7, 11) is 0. The Balaban J connectivity index is 2.79. The molecule has 13 heavy (non-hydrogen) atoms.